The number of furan rings is 1. The second-order valence-corrected chi connectivity index (χ2v) is 9.36. The number of amides is 1. The van der Waals surface area contributed by atoms with Gasteiger partial charge in [-0.05, 0) is 42.0 Å². The van der Waals surface area contributed by atoms with Crippen molar-refractivity contribution in [2.24, 2.45) is 0 Å². The van der Waals surface area contributed by atoms with Gasteiger partial charge in [0.15, 0.2) is 4.34 Å². The standard InChI is InChI=1S/C18H20N4O2S3/c1-2-14-13-6-9-25-15(13)5-7-22(14)16(23)11-26-18-21-20-17(27-18)19-10-12-4-3-8-24-12/h3-4,6,8-9,14H,2,5,7,10-11H2,1H3,(H,19,20). The minimum absolute atomic E-state index is 0.170. The Kier molecular flexibility index (Phi) is 5.80. The molecule has 1 aliphatic heterocycles. The number of fused-ring (bicyclic) bond motifs is 1. The van der Waals surface area contributed by atoms with Gasteiger partial charge < -0.3 is 14.6 Å². The van der Waals surface area contributed by atoms with Crippen LogP contribution < -0.4 is 5.32 Å². The van der Waals surface area contributed by atoms with Crippen LogP contribution in [0.25, 0.3) is 0 Å². The van der Waals surface area contributed by atoms with Gasteiger partial charge in [0.2, 0.25) is 11.0 Å². The van der Waals surface area contributed by atoms with Gasteiger partial charge in [-0.2, -0.15) is 0 Å². The van der Waals surface area contributed by atoms with E-state index >= 15 is 0 Å². The first-order chi connectivity index (χ1) is 13.2. The minimum atomic E-state index is 0.170. The predicted molar refractivity (Wildman–Crippen MR) is 109 cm³/mol. The molecular weight excluding hydrogens is 400 g/mol. The molecule has 0 saturated heterocycles. The molecule has 0 saturated carbocycles. The van der Waals surface area contributed by atoms with Crippen molar-refractivity contribution < 1.29 is 9.21 Å². The van der Waals surface area contributed by atoms with Crippen LogP contribution in [0.1, 0.15) is 35.6 Å². The van der Waals surface area contributed by atoms with E-state index in [1.54, 1.807) is 17.6 Å². The summed E-state index contributed by atoms with van der Waals surface area (Å²) in [5.41, 5.74) is 1.33. The summed E-state index contributed by atoms with van der Waals surface area (Å²) in [4.78, 5) is 16.3. The lowest BCUT2D eigenvalue weighted by Gasteiger charge is -2.35. The molecule has 3 aromatic rings. The van der Waals surface area contributed by atoms with Crippen LogP contribution in [0.2, 0.25) is 0 Å². The topological polar surface area (TPSA) is 71.3 Å². The molecule has 1 atom stereocenters. The molecule has 1 amide bonds. The van der Waals surface area contributed by atoms with Gasteiger partial charge in [-0.1, -0.05) is 30.0 Å². The summed E-state index contributed by atoms with van der Waals surface area (Å²) in [5, 5.41) is 14.4. The molecule has 3 aromatic heterocycles. The highest BCUT2D eigenvalue weighted by molar-refractivity contribution is 8.01. The Morgan fingerprint density at radius 2 is 2.37 bits per heavy atom. The first-order valence-corrected chi connectivity index (χ1v) is 11.5. The van der Waals surface area contributed by atoms with Crippen molar-refractivity contribution >= 4 is 45.5 Å². The van der Waals surface area contributed by atoms with Gasteiger partial charge in [-0.3, -0.25) is 4.79 Å². The van der Waals surface area contributed by atoms with Crippen LogP contribution in [0, 0.1) is 0 Å². The smallest absolute Gasteiger partial charge is 0.233 e. The fraction of sp³-hybridized carbons (Fsp3) is 0.389. The largest absolute Gasteiger partial charge is 0.467 e. The first kappa shape index (κ1) is 18.5. The summed E-state index contributed by atoms with van der Waals surface area (Å²) in [6.45, 7) is 3.52. The molecule has 0 aliphatic carbocycles. The van der Waals surface area contributed by atoms with Crippen LogP contribution in [0.4, 0.5) is 5.13 Å². The second-order valence-electron chi connectivity index (χ2n) is 6.16. The third-order valence-corrected chi connectivity index (χ3v) is 7.52. The van der Waals surface area contributed by atoms with Crippen LogP contribution in [0.5, 0.6) is 0 Å². The van der Waals surface area contributed by atoms with Crippen molar-refractivity contribution in [3.05, 3.63) is 46.0 Å². The highest BCUT2D eigenvalue weighted by atomic mass is 32.2. The Labute approximate surface area is 170 Å². The van der Waals surface area contributed by atoms with E-state index in [4.69, 9.17) is 4.42 Å². The highest BCUT2D eigenvalue weighted by Crippen LogP contribution is 2.36. The number of thiophene rings is 1. The number of rotatable bonds is 7. The van der Waals surface area contributed by atoms with E-state index in [1.807, 2.05) is 17.0 Å². The molecule has 9 heteroatoms. The van der Waals surface area contributed by atoms with Gasteiger partial charge in [0.05, 0.1) is 24.6 Å². The lowest BCUT2D eigenvalue weighted by Crippen LogP contribution is -2.40. The van der Waals surface area contributed by atoms with E-state index in [0.717, 1.165) is 34.6 Å². The van der Waals surface area contributed by atoms with Crippen molar-refractivity contribution in [2.75, 3.05) is 17.6 Å². The van der Waals surface area contributed by atoms with Crippen molar-refractivity contribution in [3.8, 4) is 0 Å². The van der Waals surface area contributed by atoms with Gasteiger partial charge in [0.1, 0.15) is 5.76 Å². The average molecular weight is 421 g/mol. The second kappa shape index (κ2) is 8.45. The average Bonchev–Trinajstić information content (AvgIpc) is 3.44. The quantitative estimate of drug-likeness (QED) is 0.570. The van der Waals surface area contributed by atoms with E-state index in [9.17, 15) is 4.79 Å². The Balaban J connectivity index is 1.31. The summed E-state index contributed by atoms with van der Waals surface area (Å²) in [7, 11) is 0. The lowest BCUT2D eigenvalue weighted by molar-refractivity contribution is -0.131. The van der Waals surface area contributed by atoms with E-state index in [-0.39, 0.29) is 11.9 Å². The van der Waals surface area contributed by atoms with Gasteiger partial charge in [0, 0.05) is 11.4 Å². The van der Waals surface area contributed by atoms with Gasteiger partial charge >= 0.3 is 0 Å². The number of nitrogens with zero attached hydrogens (tertiary/aromatic N) is 3. The number of anilines is 1. The first-order valence-electron chi connectivity index (χ1n) is 8.83. The van der Waals surface area contributed by atoms with Crippen molar-refractivity contribution in [3.63, 3.8) is 0 Å². The zero-order valence-corrected chi connectivity index (χ0v) is 17.3. The van der Waals surface area contributed by atoms with Crippen LogP contribution in [-0.2, 0) is 17.8 Å². The van der Waals surface area contributed by atoms with E-state index in [2.05, 4.69) is 33.9 Å². The van der Waals surface area contributed by atoms with Crippen molar-refractivity contribution in [2.45, 2.75) is 36.7 Å². The van der Waals surface area contributed by atoms with Crippen molar-refractivity contribution in [1.82, 2.24) is 15.1 Å². The molecule has 1 N–H and O–H groups in total. The molecule has 0 radical (unpaired) electrons. The predicted octanol–water partition coefficient (Wildman–Crippen LogP) is 4.43. The highest BCUT2D eigenvalue weighted by Gasteiger charge is 2.30. The summed E-state index contributed by atoms with van der Waals surface area (Å²) >= 11 is 4.72. The molecule has 0 fully saturated rings. The summed E-state index contributed by atoms with van der Waals surface area (Å²) in [5.74, 6) is 1.41. The third kappa shape index (κ3) is 4.20. The summed E-state index contributed by atoms with van der Waals surface area (Å²) < 4.78 is 6.09. The number of thioether (sulfide) groups is 1. The monoisotopic (exact) mass is 420 g/mol. The number of aromatic nitrogens is 2. The maximum atomic E-state index is 12.8. The molecule has 142 valence electrons. The normalized spacial score (nSPS) is 16.3. The van der Waals surface area contributed by atoms with Crippen molar-refractivity contribution in [1.29, 1.82) is 0 Å². The van der Waals surface area contributed by atoms with E-state index in [0.29, 0.717) is 12.3 Å². The SMILES string of the molecule is CCC1c2ccsc2CCN1C(=O)CSc1nnc(NCc2ccco2)s1. The van der Waals surface area contributed by atoms with Crippen LogP contribution in [0.3, 0.4) is 0 Å². The van der Waals surface area contributed by atoms with Crippen LogP contribution in [-0.4, -0.2) is 33.3 Å². The molecule has 6 nitrogen and oxygen atoms in total. The Bertz CT molecular complexity index is 890. The maximum absolute atomic E-state index is 12.8. The Hall–Kier alpha value is -1.84. The van der Waals surface area contributed by atoms with E-state index < -0.39 is 0 Å². The minimum Gasteiger partial charge on any atom is -0.467 e. The Morgan fingerprint density at radius 3 is 3.19 bits per heavy atom. The number of hydrogen-bond donors (Lipinski definition) is 1. The van der Waals surface area contributed by atoms with E-state index in [1.165, 1.54) is 33.5 Å². The molecule has 0 spiro atoms. The summed E-state index contributed by atoms with van der Waals surface area (Å²) in [6, 6.07) is 6.13. The molecule has 0 bridgehead atoms. The molecule has 4 heterocycles. The fourth-order valence-electron chi connectivity index (χ4n) is 3.26. The zero-order chi connectivity index (χ0) is 18.6. The number of carbonyl (C=O) groups excluding carboxylic acids is 1. The number of carbonyl (C=O) groups is 1. The molecular formula is C18H20N4O2S3. The van der Waals surface area contributed by atoms with Crippen LogP contribution in [0.15, 0.2) is 38.6 Å². The van der Waals surface area contributed by atoms with Gasteiger partial charge in [0.25, 0.3) is 0 Å². The zero-order valence-electron chi connectivity index (χ0n) is 14.9. The molecule has 4 rings (SSSR count). The number of nitrogens with one attached hydrogen (secondary N) is 1. The number of hydrogen-bond acceptors (Lipinski definition) is 8. The Morgan fingerprint density at radius 1 is 1.44 bits per heavy atom. The van der Waals surface area contributed by atoms with Gasteiger partial charge in [-0.25, -0.2) is 0 Å². The van der Waals surface area contributed by atoms with Gasteiger partial charge in [-0.15, -0.1) is 21.5 Å². The van der Waals surface area contributed by atoms with Crippen LogP contribution >= 0.6 is 34.4 Å². The molecule has 1 aliphatic rings. The molecule has 1 unspecified atom stereocenters. The fourth-order valence-corrected chi connectivity index (χ4v) is 5.82. The molecule has 0 aromatic carbocycles. The lowest BCUT2D eigenvalue weighted by atomic mass is 9.98. The third-order valence-electron chi connectivity index (χ3n) is 4.52. The summed E-state index contributed by atoms with van der Waals surface area (Å²) in [6.07, 6.45) is 3.55. The maximum Gasteiger partial charge on any atom is 0.233 e. The molecule has 27 heavy (non-hydrogen) atoms.